The standard InChI is InChI=1S/C24H25Cl2N5O3S.C20H28Cl2N2O.C17H31N3O2/c1-14-7-15(2)9-18(8-14)23(33)31(4)11-21(16(3)17-5-6-19(25)20(26)10-17)30-34-12-22(32)28-24-29-27-13-35-24;1-15(16-5-6-18(21)19(22)14-16)7-11-23-12-8-17(9-13-23)24-10-3-2-4-20(24)25;1-4-9-19-11-7-15(8-12-19)20-10-5-6-14(17(20)22)13-16(21)18(2)3/h5-10,13,16H,11-12H2,1-4H3,(H,28,29,32);5-6,14-15,17H,2-4,7-13H2,1H3;14-15H,4-13H2,1-3H3/b30-21-;;. The summed E-state index contributed by atoms with van der Waals surface area (Å²) in [6.07, 6.45) is 12.0. The van der Waals surface area contributed by atoms with Gasteiger partial charge in [-0.25, -0.2) is 0 Å². The highest BCUT2D eigenvalue weighted by molar-refractivity contribution is 7.13. The molecule has 4 aliphatic heterocycles. The fourth-order valence-electron chi connectivity index (χ4n) is 11.1. The van der Waals surface area contributed by atoms with E-state index >= 15 is 0 Å². The summed E-state index contributed by atoms with van der Waals surface area (Å²) in [6, 6.07) is 17.8. The Morgan fingerprint density at radius 3 is 1.94 bits per heavy atom. The largest absolute Gasteiger partial charge is 0.386 e. The lowest BCUT2D eigenvalue weighted by molar-refractivity contribution is -0.146. The van der Waals surface area contributed by atoms with Gasteiger partial charge in [0.25, 0.3) is 11.8 Å². The molecule has 0 radical (unpaired) electrons. The summed E-state index contributed by atoms with van der Waals surface area (Å²) in [4.78, 5) is 79.8. The molecule has 5 heterocycles. The molecule has 3 aromatic carbocycles. The van der Waals surface area contributed by atoms with E-state index in [9.17, 15) is 24.0 Å². The van der Waals surface area contributed by atoms with E-state index in [1.165, 1.54) is 41.8 Å². The molecule has 4 saturated heterocycles. The van der Waals surface area contributed by atoms with Crippen molar-refractivity contribution in [1.82, 2.24) is 39.6 Å². The number of nitrogens with zero attached hydrogens (tertiary/aromatic N) is 9. The van der Waals surface area contributed by atoms with E-state index < -0.39 is 5.91 Å². The number of hydrogen-bond acceptors (Lipinski definition) is 12. The molecule has 0 spiro atoms. The zero-order valence-corrected chi connectivity index (χ0v) is 53.0. The fourth-order valence-corrected chi connectivity index (χ4v) is 12.2. The molecule has 4 fully saturated rings. The Bertz CT molecular complexity index is 2750. The van der Waals surface area contributed by atoms with Crippen molar-refractivity contribution in [3.63, 3.8) is 0 Å². The third kappa shape index (κ3) is 20.1. The molecule has 3 atom stereocenters. The van der Waals surface area contributed by atoms with Crippen LogP contribution in [0.1, 0.15) is 142 Å². The van der Waals surface area contributed by atoms with Gasteiger partial charge in [-0.05, 0) is 145 Å². The molecule has 448 valence electrons. The van der Waals surface area contributed by atoms with Gasteiger partial charge in [-0.1, -0.05) is 113 Å². The number of oxime groups is 1. The van der Waals surface area contributed by atoms with Gasteiger partial charge in [-0.3, -0.25) is 29.3 Å². The van der Waals surface area contributed by atoms with E-state index in [1.54, 1.807) is 43.1 Å². The van der Waals surface area contributed by atoms with Crippen LogP contribution >= 0.6 is 57.7 Å². The monoisotopic (exact) mass is 1220 g/mol. The quantitative estimate of drug-likeness (QED) is 0.0706. The average Bonchev–Trinajstić information content (AvgIpc) is 4.03. The van der Waals surface area contributed by atoms with Crippen molar-refractivity contribution in [2.24, 2.45) is 11.1 Å². The minimum atomic E-state index is -0.424. The molecule has 21 heteroatoms. The van der Waals surface area contributed by atoms with Gasteiger partial charge in [0.2, 0.25) is 22.9 Å². The summed E-state index contributed by atoms with van der Waals surface area (Å²) in [6.45, 7) is 18.6. The Hall–Kier alpha value is -4.88. The number of hydrogen-bond donors (Lipinski definition) is 1. The highest BCUT2D eigenvalue weighted by atomic mass is 35.5. The molecule has 0 bridgehead atoms. The molecular weight excluding hydrogens is 1140 g/mol. The van der Waals surface area contributed by atoms with Gasteiger partial charge in [0.15, 0.2) is 6.61 Å². The number of carbonyl (C=O) groups is 5. The summed E-state index contributed by atoms with van der Waals surface area (Å²) in [5.41, 5.74) is 6.73. The normalized spacial score (nSPS) is 18.4. The predicted molar refractivity (Wildman–Crippen MR) is 332 cm³/mol. The molecule has 5 amide bonds. The highest BCUT2D eigenvalue weighted by Crippen LogP contribution is 2.31. The number of aromatic nitrogens is 2. The first-order valence-electron chi connectivity index (χ1n) is 28.9. The van der Waals surface area contributed by atoms with E-state index in [-0.39, 0.29) is 42.7 Å². The van der Waals surface area contributed by atoms with Crippen LogP contribution in [-0.2, 0) is 24.0 Å². The van der Waals surface area contributed by atoms with E-state index in [0.717, 1.165) is 120 Å². The van der Waals surface area contributed by atoms with Crippen LogP contribution in [-0.4, -0.2) is 174 Å². The lowest BCUT2D eigenvalue weighted by atomic mass is 9.90. The summed E-state index contributed by atoms with van der Waals surface area (Å²) in [5.74, 6) is 0.178. The molecule has 4 aromatic rings. The number of halogens is 4. The van der Waals surface area contributed by atoms with Crippen molar-refractivity contribution in [2.75, 3.05) is 92.0 Å². The second-order valence-corrected chi connectivity index (χ2v) is 25.0. The smallest absolute Gasteiger partial charge is 0.266 e. The van der Waals surface area contributed by atoms with Gasteiger partial charge in [-0.15, -0.1) is 10.2 Å². The van der Waals surface area contributed by atoms with Crippen molar-refractivity contribution in [3.8, 4) is 0 Å². The summed E-state index contributed by atoms with van der Waals surface area (Å²) < 4.78 is 0. The number of likely N-dealkylation sites (tertiary alicyclic amines) is 4. The van der Waals surface area contributed by atoms with Crippen molar-refractivity contribution in [1.29, 1.82) is 0 Å². The minimum absolute atomic E-state index is 0.0676. The number of rotatable bonds is 19. The zero-order chi connectivity index (χ0) is 59.5. The lowest BCUT2D eigenvalue weighted by Crippen LogP contribution is -2.52. The number of aryl methyl sites for hydroxylation is 2. The first kappa shape index (κ1) is 66.3. The molecule has 0 saturated carbocycles. The maximum absolute atomic E-state index is 13.1. The molecular formula is C61H84Cl4N10O6S. The number of nitrogens with one attached hydrogen (secondary N) is 1. The average molecular weight is 1230 g/mol. The van der Waals surface area contributed by atoms with E-state index in [4.69, 9.17) is 51.2 Å². The molecule has 3 unspecified atom stereocenters. The second-order valence-electron chi connectivity index (χ2n) is 22.5. The third-order valence-electron chi connectivity index (χ3n) is 15.9. The van der Waals surface area contributed by atoms with Crippen LogP contribution in [0.25, 0.3) is 0 Å². The molecule has 0 aliphatic carbocycles. The molecule has 8 rings (SSSR count). The number of piperidine rings is 4. The topological polar surface area (TPSA) is 164 Å². The maximum Gasteiger partial charge on any atom is 0.266 e. The zero-order valence-electron chi connectivity index (χ0n) is 49.1. The second kappa shape index (κ2) is 33.0. The van der Waals surface area contributed by atoms with Crippen LogP contribution in [0.5, 0.6) is 0 Å². The van der Waals surface area contributed by atoms with Gasteiger partial charge in [-0.2, -0.15) is 0 Å². The first-order valence-corrected chi connectivity index (χ1v) is 31.3. The molecule has 1 aromatic heterocycles. The highest BCUT2D eigenvalue weighted by Gasteiger charge is 2.36. The number of amides is 5. The van der Waals surface area contributed by atoms with Crippen LogP contribution in [0, 0.1) is 19.8 Å². The van der Waals surface area contributed by atoms with Gasteiger partial charge < -0.3 is 34.2 Å². The van der Waals surface area contributed by atoms with Gasteiger partial charge in [0.1, 0.15) is 5.51 Å². The van der Waals surface area contributed by atoms with Gasteiger partial charge in [0, 0.05) is 103 Å². The molecule has 1 N–H and O–H groups in total. The van der Waals surface area contributed by atoms with Crippen molar-refractivity contribution >= 4 is 98.1 Å². The summed E-state index contributed by atoms with van der Waals surface area (Å²) in [7, 11) is 5.22. The maximum atomic E-state index is 13.1. The van der Waals surface area contributed by atoms with Crippen molar-refractivity contribution < 1.29 is 28.8 Å². The van der Waals surface area contributed by atoms with Gasteiger partial charge in [0.05, 0.1) is 32.3 Å². The Morgan fingerprint density at radius 1 is 0.756 bits per heavy atom. The Morgan fingerprint density at radius 2 is 1.35 bits per heavy atom. The van der Waals surface area contributed by atoms with E-state index in [1.807, 2.05) is 57.2 Å². The van der Waals surface area contributed by atoms with E-state index in [2.05, 4.69) is 60.2 Å². The Kier molecular flexibility index (Phi) is 26.7. The van der Waals surface area contributed by atoms with Crippen LogP contribution in [0.15, 0.2) is 65.3 Å². The summed E-state index contributed by atoms with van der Waals surface area (Å²) in [5, 5.41) is 16.7. The van der Waals surface area contributed by atoms with E-state index in [0.29, 0.717) is 66.8 Å². The minimum Gasteiger partial charge on any atom is -0.386 e. The van der Waals surface area contributed by atoms with Crippen molar-refractivity contribution in [3.05, 3.63) is 108 Å². The fraction of sp³-hybridized carbons (Fsp3) is 0.574. The van der Waals surface area contributed by atoms with Crippen LogP contribution in [0.4, 0.5) is 5.13 Å². The first-order chi connectivity index (χ1) is 39.2. The number of benzene rings is 3. The Labute approximate surface area is 510 Å². The number of carbonyl (C=O) groups excluding carboxylic acids is 5. The summed E-state index contributed by atoms with van der Waals surface area (Å²) >= 11 is 25.6. The third-order valence-corrected chi connectivity index (χ3v) is 18.0. The SMILES string of the molecule is CC(CCN1CCC(N2CCCCC2=O)CC1)c1ccc(Cl)c(Cl)c1.CCCN1CCC(N2CCCC(CC(=O)N(C)C)C2=O)CC1.Cc1cc(C)cc(C(=O)N(C)C/C(=N/OCC(=O)Nc2nncs2)C(C)c2ccc(Cl)c(Cl)c2)c1. The molecule has 82 heavy (non-hydrogen) atoms. The van der Waals surface area contributed by atoms with Gasteiger partial charge >= 0.3 is 0 Å². The molecule has 4 aliphatic rings. The Balaban J connectivity index is 0.000000204. The lowest BCUT2D eigenvalue weighted by Gasteiger charge is -2.42. The predicted octanol–water partition coefficient (Wildman–Crippen LogP) is 11.9. The van der Waals surface area contributed by atoms with Crippen molar-refractivity contribution in [2.45, 2.75) is 136 Å². The van der Waals surface area contributed by atoms with Crippen LogP contribution < -0.4 is 5.32 Å². The number of anilines is 1. The molecule has 16 nitrogen and oxygen atoms in total. The van der Waals surface area contributed by atoms with Crippen LogP contribution in [0.2, 0.25) is 20.1 Å². The van der Waals surface area contributed by atoms with Crippen LogP contribution in [0.3, 0.4) is 0 Å².